The smallest absolute Gasteiger partial charge is 0.281 e. The number of nitrogens with one attached hydrogen (secondary N) is 2. The van der Waals surface area contributed by atoms with Crippen LogP contribution in [0.15, 0.2) is 51.1 Å². The number of aryl methyl sites for hydroxylation is 2. The predicted octanol–water partition coefficient (Wildman–Crippen LogP) is 1.68. The van der Waals surface area contributed by atoms with E-state index in [0.717, 1.165) is 11.3 Å². The molecule has 2 N–H and O–H groups in total. The number of hydrogen-bond acceptors (Lipinski definition) is 9. The third-order valence-corrected chi connectivity index (χ3v) is 9.59. The molecule has 3 heterocycles. The number of anilines is 1. The lowest BCUT2D eigenvalue weighted by Crippen LogP contribution is -2.60. The summed E-state index contributed by atoms with van der Waals surface area (Å²) in [4.78, 5) is 34.3. The number of fused-ring (bicyclic) bond motifs is 3. The van der Waals surface area contributed by atoms with Crippen molar-refractivity contribution < 1.29 is 17.9 Å². The van der Waals surface area contributed by atoms with Crippen molar-refractivity contribution in [1.29, 1.82) is 0 Å². The summed E-state index contributed by atoms with van der Waals surface area (Å²) in [5, 5.41) is 9.84. The van der Waals surface area contributed by atoms with Crippen LogP contribution in [0.2, 0.25) is 0 Å². The molecule has 13 heteroatoms. The summed E-state index contributed by atoms with van der Waals surface area (Å²) in [6.07, 6.45) is 0. The number of piperazine rings is 1. The number of amides is 1. The van der Waals surface area contributed by atoms with E-state index in [1.165, 1.54) is 4.52 Å². The van der Waals surface area contributed by atoms with Gasteiger partial charge in [-0.15, -0.1) is 5.10 Å². The van der Waals surface area contributed by atoms with E-state index in [4.69, 9.17) is 4.74 Å². The van der Waals surface area contributed by atoms with Gasteiger partial charge < -0.3 is 15.0 Å². The van der Waals surface area contributed by atoms with Gasteiger partial charge in [0.2, 0.25) is 20.8 Å². The minimum atomic E-state index is -4.04. The van der Waals surface area contributed by atoms with Crippen LogP contribution >= 0.6 is 0 Å². The molecular formula is C28H35N7O5S. The zero-order valence-corrected chi connectivity index (χ0v) is 24.7. The van der Waals surface area contributed by atoms with Crippen LogP contribution in [0.4, 0.5) is 5.69 Å². The number of methoxy groups -OCH3 is 1. The first-order valence-electron chi connectivity index (χ1n) is 13.5. The van der Waals surface area contributed by atoms with Gasteiger partial charge in [-0.05, 0) is 57.5 Å². The average Bonchev–Trinajstić information content (AvgIpc) is 3.37. The molecule has 12 nitrogen and oxygen atoms in total. The van der Waals surface area contributed by atoms with Crippen LogP contribution in [0.1, 0.15) is 25.0 Å². The predicted molar refractivity (Wildman–Crippen MR) is 155 cm³/mol. The number of sulfone groups is 1. The molecule has 2 aromatic carbocycles. The standard InChI is InChI=1S/C28H35N7O5S/c1-18-6-9-23(19(2)16-18)41(38,39)26-24-30-25(36)21-8-7-20(17-22(21)35(24)32-31-26)33-11-13-34(14-12-33)28(3,4)27(37)29-10-15-40-5/h6-9,16-17,32H,10-15H2,1-5H3,(H,29,37). The van der Waals surface area contributed by atoms with Gasteiger partial charge >= 0.3 is 0 Å². The molecule has 1 aliphatic heterocycles. The highest BCUT2D eigenvalue weighted by molar-refractivity contribution is 7.91. The van der Waals surface area contributed by atoms with Crippen molar-refractivity contribution in [3.05, 3.63) is 57.9 Å². The van der Waals surface area contributed by atoms with Gasteiger partial charge in [-0.2, -0.15) is 4.98 Å². The number of carbonyl (C=O) groups excluding carboxylic acids is 1. The Balaban J connectivity index is 1.44. The number of H-pyrrole nitrogens is 1. The number of benzene rings is 2. The van der Waals surface area contributed by atoms with Crippen molar-refractivity contribution in [2.24, 2.45) is 0 Å². The Morgan fingerprint density at radius 2 is 1.83 bits per heavy atom. The van der Waals surface area contributed by atoms with E-state index in [1.807, 2.05) is 32.9 Å². The molecule has 1 fully saturated rings. The summed E-state index contributed by atoms with van der Waals surface area (Å²) < 4.78 is 33.6. The van der Waals surface area contributed by atoms with E-state index in [-0.39, 0.29) is 21.5 Å². The molecule has 0 bridgehead atoms. The number of rotatable bonds is 8. The molecule has 0 unspecified atom stereocenters. The summed E-state index contributed by atoms with van der Waals surface area (Å²) in [6.45, 7) is 11.0. The highest BCUT2D eigenvalue weighted by atomic mass is 32.2. The zero-order chi connectivity index (χ0) is 29.5. The van der Waals surface area contributed by atoms with Crippen LogP contribution in [-0.4, -0.2) is 91.0 Å². The third kappa shape index (κ3) is 5.20. The zero-order valence-electron chi connectivity index (χ0n) is 23.9. The number of ether oxygens (including phenoxy) is 1. The monoisotopic (exact) mass is 581 g/mol. The molecule has 1 aliphatic rings. The first-order chi connectivity index (χ1) is 19.4. The van der Waals surface area contributed by atoms with Crippen molar-refractivity contribution >= 4 is 38.0 Å². The van der Waals surface area contributed by atoms with Crippen LogP contribution in [0, 0.1) is 13.8 Å². The lowest BCUT2D eigenvalue weighted by molar-refractivity contribution is -0.132. The number of carbonyl (C=O) groups is 1. The number of nitrogens with zero attached hydrogens (tertiary/aromatic N) is 5. The van der Waals surface area contributed by atoms with Crippen LogP contribution in [0.25, 0.3) is 16.6 Å². The second kappa shape index (κ2) is 10.9. The maximum atomic E-state index is 13.6. The van der Waals surface area contributed by atoms with Gasteiger partial charge in [-0.1, -0.05) is 17.7 Å². The molecule has 0 aliphatic carbocycles. The molecule has 2 aromatic heterocycles. The first-order valence-corrected chi connectivity index (χ1v) is 14.9. The van der Waals surface area contributed by atoms with E-state index < -0.39 is 20.9 Å². The Hall–Kier alpha value is -3.81. The molecule has 0 atom stereocenters. The van der Waals surface area contributed by atoms with Gasteiger partial charge in [0.05, 0.1) is 27.9 Å². The van der Waals surface area contributed by atoms with Gasteiger partial charge in [0, 0.05) is 45.5 Å². The molecule has 5 rings (SSSR count). The lowest BCUT2D eigenvalue weighted by atomic mass is 10.00. The Labute approximate surface area is 238 Å². The molecular weight excluding hydrogens is 546 g/mol. The van der Waals surface area contributed by atoms with Crippen LogP contribution < -0.4 is 15.8 Å². The molecule has 218 valence electrons. The van der Waals surface area contributed by atoms with E-state index >= 15 is 0 Å². The van der Waals surface area contributed by atoms with Crippen LogP contribution in [0.3, 0.4) is 0 Å². The Morgan fingerprint density at radius 1 is 1.10 bits per heavy atom. The van der Waals surface area contributed by atoms with Gasteiger partial charge in [-0.25, -0.2) is 18.1 Å². The molecule has 0 radical (unpaired) electrons. The largest absolute Gasteiger partial charge is 0.383 e. The summed E-state index contributed by atoms with van der Waals surface area (Å²) in [7, 11) is -2.44. The number of aromatic amines is 1. The fraction of sp³-hybridized carbons (Fsp3) is 0.429. The molecule has 41 heavy (non-hydrogen) atoms. The second-order valence-corrected chi connectivity index (χ2v) is 12.7. The van der Waals surface area contributed by atoms with E-state index in [9.17, 15) is 18.0 Å². The van der Waals surface area contributed by atoms with Crippen molar-refractivity contribution in [3.63, 3.8) is 0 Å². The van der Waals surface area contributed by atoms with Gasteiger partial charge in [-0.3, -0.25) is 14.5 Å². The Kier molecular flexibility index (Phi) is 7.62. The highest BCUT2D eigenvalue weighted by Gasteiger charge is 2.36. The van der Waals surface area contributed by atoms with Crippen LogP contribution in [-0.2, 0) is 19.4 Å². The summed E-state index contributed by atoms with van der Waals surface area (Å²) >= 11 is 0. The number of aromatic nitrogens is 4. The summed E-state index contributed by atoms with van der Waals surface area (Å²) in [6, 6.07) is 10.5. The minimum absolute atomic E-state index is 0.0474. The topological polar surface area (TPSA) is 142 Å². The maximum absolute atomic E-state index is 13.6. The first kappa shape index (κ1) is 28.7. The van der Waals surface area contributed by atoms with Crippen molar-refractivity contribution in [1.82, 2.24) is 30.0 Å². The fourth-order valence-electron chi connectivity index (χ4n) is 5.33. The molecule has 0 spiro atoms. The minimum Gasteiger partial charge on any atom is -0.383 e. The SMILES string of the molecule is COCCNC(=O)C(C)(C)N1CCN(c2ccc3c(=O)nc4c(S(=O)(=O)c5ccc(C)cc5C)n[nH]n4c3c2)CC1. The Bertz CT molecular complexity index is 1790. The number of hydrogen-bond donors (Lipinski definition) is 2. The molecule has 1 saturated heterocycles. The van der Waals surface area contributed by atoms with Crippen LogP contribution in [0.5, 0.6) is 0 Å². The van der Waals surface area contributed by atoms with E-state index in [2.05, 4.69) is 30.4 Å². The molecule has 1 amide bonds. The third-order valence-electron chi connectivity index (χ3n) is 7.77. The van der Waals surface area contributed by atoms with E-state index in [0.29, 0.717) is 55.8 Å². The molecule has 0 saturated carbocycles. The molecule has 4 aromatic rings. The maximum Gasteiger partial charge on any atom is 0.281 e. The Morgan fingerprint density at radius 3 is 2.51 bits per heavy atom. The van der Waals surface area contributed by atoms with Crippen molar-refractivity contribution in [2.75, 3.05) is 51.3 Å². The van der Waals surface area contributed by atoms with E-state index in [1.54, 1.807) is 38.3 Å². The van der Waals surface area contributed by atoms with Crippen molar-refractivity contribution in [2.45, 2.75) is 43.2 Å². The average molecular weight is 582 g/mol. The fourth-order valence-corrected chi connectivity index (χ4v) is 6.81. The second-order valence-electron chi connectivity index (χ2n) is 10.8. The van der Waals surface area contributed by atoms with Crippen molar-refractivity contribution in [3.8, 4) is 0 Å². The summed E-state index contributed by atoms with van der Waals surface area (Å²) in [5.41, 5.74) is 1.62. The highest BCUT2D eigenvalue weighted by Crippen LogP contribution is 2.28. The van der Waals surface area contributed by atoms with Gasteiger partial charge in [0.25, 0.3) is 5.56 Å². The van der Waals surface area contributed by atoms with Gasteiger partial charge in [0.15, 0.2) is 5.65 Å². The van der Waals surface area contributed by atoms with Gasteiger partial charge in [0.1, 0.15) is 0 Å². The quantitative estimate of drug-likeness (QED) is 0.297. The normalized spacial score (nSPS) is 15.1. The summed E-state index contributed by atoms with van der Waals surface area (Å²) in [5.74, 6) is -0.0474. The lowest BCUT2D eigenvalue weighted by Gasteiger charge is -2.43.